The number of piperazine rings is 1. The lowest BCUT2D eigenvalue weighted by molar-refractivity contribution is -0.148. The van der Waals surface area contributed by atoms with Crippen molar-refractivity contribution in [1.29, 1.82) is 5.41 Å². The Hall–Kier alpha value is -4.40. The summed E-state index contributed by atoms with van der Waals surface area (Å²) in [5.74, 6) is -0.484. The highest BCUT2D eigenvalue weighted by atomic mass is 16.2. The molecule has 3 atom stereocenters. The molecule has 9 nitrogen and oxygen atoms in total. The van der Waals surface area contributed by atoms with E-state index in [1.54, 1.807) is 0 Å². The van der Waals surface area contributed by atoms with Gasteiger partial charge in [0, 0.05) is 45.1 Å². The summed E-state index contributed by atoms with van der Waals surface area (Å²) in [7, 11) is 0. The molecule has 9 heteroatoms. The first-order valence-corrected chi connectivity index (χ1v) is 15.0. The van der Waals surface area contributed by atoms with Gasteiger partial charge in [-0.2, -0.15) is 0 Å². The quantitative estimate of drug-likeness (QED) is 0.165. The van der Waals surface area contributed by atoms with Crippen LogP contribution in [-0.4, -0.2) is 71.2 Å². The summed E-state index contributed by atoms with van der Waals surface area (Å²) in [6, 6.07) is 19.2. The Morgan fingerprint density at radius 1 is 1.00 bits per heavy atom. The maximum Gasteiger partial charge on any atom is 0.245 e. The lowest BCUT2D eigenvalue weighted by Crippen LogP contribution is -2.63. The van der Waals surface area contributed by atoms with E-state index in [0.29, 0.717) is 38.9 Å². The third-order valence-corrected chi connectivity index (χ3v) is 8.24. The van der Waals surface area contributed by atoms with Crippen molar-refractivity contribution in [2.75, 3.05) is 19.6 Å². The van der Waals surface area contributed by atoms with Crippen molar-refractivity contribution < 1.29 is 14.4 Å². The number of aryl methyl sites for hydroxylation is 2. The van der Waals surface area contributed by atoms with Gasteiger partial charge < -0.3 is 26.2 Å². The molecule has 0 spiro atoms. The average Bonchev–Trinajstić information content (AvgIpc) is 2.95. The first-order chi connectivity index (χ1) is 20.5. The molecule has 0 radical (unpaired) electrons. The fourth-order valence-electron chi connectivity index (χ4n) is 6.03. The number of guanidine groups is 1. The predicted octanol–water partition coefficient (Wildman–Crippen LogP) is 3.44. The minimum atomic E-state index is -0.719. The second kappa shape index (κ2) is 14.2. The highest BCUT2D eigenvalue weighted by molar-refractivity contribution is 5.88. The van der Waals surface area contributed by atoms with Crippen LogP contribution >= 0.6 is 0 Å². The molecular weight excluding hydrogens is 540 g/mol. The van der Waals surface area contributed by atoms with Crippen molar-refractivity contribution in [1.82, 2.24) is 20.4 Å². The lowest BCUT2D eigenvalue weighted by atomic mass is 9.96. The van der Waals surface area contributed by atoms with E-state index in [0.717, 1.165) is 33.0 Å². The fourth-order valence-corrected chi connectivity index (χ4v) is 6.03. The van der Waals surface area contributed by atoms with Crippen LogP contribution in [0.5, 0.6) is 0 Å². The predicted molar refractivity (Wildman–Crippen MR) is 171 cm³/mol. The molecule has 0 bridgehead atoms. The molecule has 0 aromatic heterocycles. The van der Waals surface area contributed by atoms with Crippen LogP contribution in [0.2, 0.25) is 0 Å². The number of hydrogen-bond acceptors (Lipinski definition) is 4. The largest absolute Gasteiger partial charge is 0.370 e. The Kier molecular flexibility index (Phi) is 10.4. The van der Waals surface area contributed by atoms with E-state index in [9.17, 15) is 14.4 Å². The summed E-state index contributed by atoms with van der Waals surface area (Å²) in [5.41, 5.74) is 9.65. The smallest absolute Gasteiger partial charge is 0.245 e. The van der Waals surface area contributed by atoms with Gasteiger partial charge in [-0.3, -0.25) is 19.8 Å². The van der Waals surface area contributed by atoms with Crippen LogP contribution in [0.3, 0.4) is 0 Å². The summed E-state index contributed by atoms with van der Waals surface area (Å²) >= 11 is 0. The van der Waals surface area contributed by atoms with Crippen LogP contribution in [0, 0.1) is 19.3 Å². The molecule has 0 unspecified atom stereocenters. The standard InChI is InChI=1S/C34H44N6O3/c1-22-11-13-28(23(2)16-22)19-31(38-25(4)41)33(43)40-20-24(3)39(21-30(40)10-7-15-37-34(35)36)32(42)18-26-12-14-27-8-5-6-9-29(27)17-26/h5-6,8-9,11-14,16-17,24,30-31H,7,10,15,18-21H2,1-4H3,(H,38,41)(H4,35,36,37)/t24-,30+,31+/m1/s1. The summed E-state index contributed by atoms with van der Waals surface area (Å²) in [6.07, 6.45) is 1.95. The van der Waals surface area contributed by atoms with Gasteiger partial charge >= 0.3 is 0 Å². The molecule has 0 aliphatic carbocycles. The van der Waals surface area contributed by atoms with E-state index in [4.69, 9.17) is 11.1 Å². The molecule has 228 valence electrons. The van der Waals surface area contributed by atoms with Crippen molar-refractivity contribution in [3.63, 3.8) is 0 Å². The SMILES string of the molecule is CC(=O)N[C@@H](Cc1ccc(C)cc1C)C(=O)N1C[C@@H](C)N(C(=O)Cc2ccc3ccccc3c2)C[C@@H]1CCCNC(=N)N. The molecule has 1 heterocycles. The van der Waals surface area contributed by atoms with Gasteiger partial charge in [-0.05, 0) is 61.1 Å². The zero-order valence-electron chi connectivity index (χ0n) is 25.7. The monoisotopic (exact) mass is 584 g/mol. The lowest BCUT2D eigenvalue weighted by Gasteiger charge is -2.46. The summed E-state index contributed by atoms with van der Waals surface area (Å²) in [4.78, 5) is 43.7. The van der Waals surface area contributed by atoms with Gasteiger partial charge in [0.2, 0.25) is 17.7 Å². The molecule has 1 aliphatic rings. The molecule has 1 saturated heterocycles. The number of amides is 3. The Labute approximate surface area is 254 Å². The van der Waals surface area contributed by atoms with Crippen LogP contribution in [0.4, 0.5) is 0 Å². The third-order valence-electron chi connectivity index (χ3n) is 8.24. The molecule has 3 aromatic rings. The molecule has 4 rings (SSSR count). The Morgan fingerprint density at radius 2 is 1.74 bits per heavy atom. The number of benzene rings is 3. The second-order valence-corrected chi connectivity index (χ2v) is 11.8. The van der Waals surface area contributed by atoms with Gasteiger partial charge in [0.05, 0.1) is 6.42 Å². The van der Waals surface area contributed by atoms with Crippen molar-refractivity contribution in [2.24, 2.45) is 5.73 Å². The Morgan fingerprint density at radius 3 is 2.44 bits per heavy atom. The highest BCUT2D eigenvalue weighted by Gasteiger charge is 2.39. The van der Waals surface area contributed by atoms with Gasteiger partial charge in [-0.1, -0.05) is 66.2 Å². The molecule has 1 fully saturated rings. The number of nitrogens with zero attached hydrogens (tertiary/aromatic N) is 2. The van der Waals surface area contributed by atoms with Crippen molar-refractivity contribution >= 4 is 34.5 Å². The van der Waals surface area contributed by atoms with Crippen LogP contribution in [0.15, 0.2) is 60.7 Å². The van der Waals surface area contributed by atoms with Gasteiger partial charge in [0.15, 0.2) is 5.96 Å². The first kappa shape index (κ1) is 31.5. The summed E-state index contributed by atoms with van der Waals surface area (Å²) < 4.78 is 0. The molecular formula is C34H44N6O3. The van der Waals surface area contributed by atoms with Crippen LogP contribution in [0.25, 0.3) is 10.8 Å². The van der Waals surface area contributed by atoms with Crippen molar-refractivity contribution in [3.05, 3.63) is 82.9 Å². The zero-order valence-corrected chi connectivity index (χ0v) is 25.7. The van der Waals surface area contributed by atoms with Crippen LogP contribution in [0.1, 0.15) is 48.9 Å². The van der Waals surface area contributed by atoms with Gasteiger partial charge in [0.1, 0.15) is 6.04 Å². The Balaban J connectivity index is 1.54. The number of hydrogen-bond donors (Lipinski definition) is 4. The molecule has 3 aromatic carbocycles. The highest BCUT2D eigenvalue weighted by Crippen LogP contribution is 2.24. The fraction of sp³-hybridized carbons (Fsp3) is 0.412. The maximum absolute atomic E-state index is 14.1. The van der Waals surface area contributed by atoms with E-state index >= 15 is 0 Å². The first-order valence-electron chi connectivity index (χ1n) is 15.0. The average molecular weight is 585 g/mol. The minimum Gasteiger partial charge on any atom is -0.370 e. The van der Waals surface area contributed by atoms with E-state index in [-0.39, 0.29) is 42.2 Å². The molecule has 3 amide bonds. The number of carbonyl (C=O) groups excluding carboxylic acids is 3. The van der Waals surface area contributed by atoms with E-state index in [1.165, 1.54) is 6.92 Å². The number of fused-ring (bicyclic) bond motifs is 1. The normalized spacial score (nSPS) is 17.4. The zero-order chi connectivity index (χ0) is 31.1. The third kappa shape index (κ3) is 8.34. The second-order valence-electron chi connectivity index (χ2n) is 11.8. The summed E-state index contributed by atoms with van der Waals surface area (Å²) in [6.45, 7) is 8.71. The van der Waals surface area contributed by atoms with E-state index in [1.807, 2.05) is 73.0 Å². The summed E-state index contributed by atoms with van der Waals surface area (Å²) in [5, 5.41) is 15.4. The van der Waals surface area contributed by atoms with Crippen molar-refractivity contribution in [2.45, 2.75) is 71.5 Å². The molecule has 1 aliphatic heterocycles. The topological polar surface area (TPSA) is 132 Å². The van der Waals surface area contributed by atoms with Crippen LogP contribution in [-0.2, 0) is 27.2 Å². The molecule has 5 N–H and O–H groups in total. The minimum absolute atomic E-state index is 0.0235. The van der Waals surface area contributed by atoms with E-state index in [2.05, 4.69) is 28.8 Å². The van der Waals surface area contributed by atoms with Gasteiger partial charge in [0.25, 0.3) is 0 Å². The van der Waals surface area contributed by atoms with Crippen LogP contribution < -0.4 is 16.4 Å². The number of carbonyl (C=O) groups is 3. The van der Waals surface area contributed by atoms with Gasteiger partial charge in [-0.15, -0.1) is 0 Å². The van der Waals surface area contributed by atoms with Gasteiger partial charge in [-0.25, -0.2) is 0 Å². The number of nitrogens with two attached hydrogens (primary N) is 1. The maximum atomic E-state index is 14.1. The number of rotatable bonds is 10. The Bertz CT molecular complexity index is 1490. The van der Waals surface area contributed by atoms with Crippen molar-refractivity contribution in [3.8, 4) is 0 Å². The molecule has 0 saturated carbocycles. The molecule has 43 heavy (non-hydrogen) atoms. The number of nitrogens with one attached hydrogen (secondary N) is 3. The van der Waals surface area contributed by atoms with E-state index < -0.39 is 6.04 Å².